The summed E-state index contributed by atoms with van der Waals surface area (Å²) in [6.07, 6.45) is 5.10. The molecule has 0 radical (unpaired) electrons. The van der Waals surface area contributed by atoms with Gasteiger partial charge in [0.1, 0.15) is 28.9 Å². The Morgan fingerprint density at radius 1 is 1.00 bits per heavy atom. The van der Waals surface area contributed by atoms with Crippen molar-refractivity contribution in [2.75, 3.05) is 20.2 Å². The maximum atomic E-state index is 14.3. The van der Waals surface area contributed by atoms with Crippen molar-refractivity contribution in [3.05, 3.63) is 107 Å². The molecule has 3 heterocycles. The second kappa shape index (κ2) is 9.96. The van der Waals surface area contributed by atoms with Crippen LogP contribution < -0.4 is 4.74 Å². The molecule has 0 spiro atoms. The summed E-state index contributed by atoms with van der Waals surface area (Å²) in [6.45, 7) is -0.301. The number of ketones is 1. The van der Waals surface area contributed by atoms with Crippen molar-refractivity contribution in [3.63, 3.8) is 0 Å². The van der Waals surface area contributed by atoms with E-state index in [1.54, 1.807) is 29.1 Å². The molecule has 0 N–H and O–H groups in total. The van der Waals surface area contributed by atoms with Gasteiger partial charge < -0.3 is 4.74 Å². The molecule has 210 valence electrons. The molecular weight excluding hydrogens is 557 g/mol. The van der Waals surface area contributed by atoms with E-state index < -0.39 is 43.6 Å². The standard InChI is InChI=1S/C29H23F3N4O4S/c1-40-24-6-8-33-26(14-24)28(37)29-15-18-16-34-36(23-4-2-20(30)3-5-23)27(18)10-19(29)7-9-35(17-29)41(38,39)25-12-21(31)11-22(32)13-25/h2-6,8,10-14,16H,7,9,15,17H2,1H3/t29-/m0/s1. The molecule has 0 amide bonds. The third-order valence-electron chi connectivity index (χ3n) is 7.56. The number of hydrogen-bond acceptors (Lipinski definition) is 6. The molecule has 41 heavy (non-hydrogen) atoms. The highest BCUT2D eigenvalue weighted by molar-refractivity contribution is 7.89. The average molecular weight is 581 g/mol. The highest BCUT2D eigenvalue weighted by Crippen LogP contribution is 2.47. The van der Waals surface area contributed by atoms with Crippen LogP contribution in [0.25, 0.3) is 11.8 Å². The lowest BCUT2D eigenvalue weighted by atomic mass is 9.65. The monoisotopic (exact) mass is 580 g/mol. The summed E-state index contributed by atoms with van der Waals surface area (Å²) >= 11 is 0. The molecule has 2 aromatic carbocycles. The predicted molar refractivity (Wildman–Crippen MR) is 142 cm³/mol. The summed E-state index contributed by atoms with van der Waals surface area (Å²) in [5.41, 5.74) is 1.36. The van der Waals surface area contributed by atoms with E-state index >= 15 is 0 Å². The Kier molecular flexibility index (Phi) is 6.54. The normalized spacial score (nSPS) is 18.8. The first-order valence-corrected chi connectivity index (χ1v) is 14.1. The van der Waals surface area contributed by atoms with Gasteiger partial charge in [-0.25, -0.2) is 26.3 Å². The summed E-state index contributed by atoms with van der Waals surface area (Å²) in [6, 6.07) is 11.0. The first-order valence-electron chi connectivity index (χ1n) is 12.7. The highest BCUT2D eigenvalue weighted by atomic mass is 32.2. The smallest absolute Gasteiger partial charge is 0.243 e. The van der Waals surface area contributed by atoms with Crippen LogP contribution in [0.1, 0.15) is 28.2 Å². The Morgan fingerprint density at radius 3 is 2.44 bits per heavy atom. The fourth-order valence-corrected chi connectivity index (χ4v) is 7.09. The van der Waals surface area contributed by atoms with E-state index in [-0.39, 0.29) is 31.6 Å². The molecular formula is C29H23F3N4O4S. The Balaban J connectivity index is 1.46. The van der Waals surface area contributed by atoms with Gasteiger partial charge in [0.25, 0.3) is 0 Å². The fourth-order valence-electron chi connectivity index (χ4n) is 5.54. The molecule has 6 rings (SSSR count). The number of sulfonamides is 1. The van der Waals surface area contributed by atoms with E-state index in [1.165, 1.54) is 31.5 Å². The third kappa shape index (κ3) is 4.62. The number of hydrogen-bond donors (Lipinski definition) is 0. The van der Waals surface area contributed by atoms with Gasteiger partial charge in [-0.15, -0.1) is 0 Å². The topological polar surface area (TPSA) is 94.4 Å². The molecule has 1 aliphatic carbocycles. The number of carbonyl (C=O) groups is 1. The van der Waals surface area contributed by atoms with Crippen molar-refractivity contribution in [2.24, 2.45) is 5.41 Å². The average Bonchev–Trinajstić information content (AvgIpc) is 3.37. The predicted octanol–water partition coefficient (Wildman–Crippen LogP) is 4.60. The molecule has 2 aromatic heterocycles. The quantitative estimate of drug-likeness (QED) is 0.310. The van der Waals surface area contributed by atoms with Crippen LogP contribution in [0.4, 0.5) is 13.2 Å². The number of rotatable bonds is 6. The highest BCUT2D eigenvalue weighted by Gasteiger charge is 2.51. The minimum Gasteiger partial charge on any atom is -0.497 e. The molecule has 0 bridgehead atoms. The van der Waals surface area contributed by atoms with Crippen LogP contribution in [-0.4, -0.2) is 53.5 Å². The van der Waals surface area contributed by atoms with Gasteiger partial charge in [-0.05, 0) is 66.9 Å². The molecule has 0 unspecified atom stereocenters. The van der Waals surface area contributed by atoms with Gasteiger partial charge in [-0.2, -0.15) is 9.40 Å². The summed E-state index contributed by atoms with van der Waals surface area (Å²) in [4.78, 5) is 18.0. The number of nitrogens with zero attached hydrogens (tertiary/aromatic N) is 4. The number of halogens is 3. The number of pyridine rings is 1. The van der Waals surface area contributed by atoms with Gasteiger partial charge >= 0.3 is 0 Å². The SMILES string of the molecule is COc1ccnc(C(=O)[C@]23Cc4cnn(-c5ccc(F)cc5)c4C=C2CCN(S(=O)(=O)c2cc(F)cc(F)c2)C3)c1. The largest absolute Gasteiger partial charge is 0.497 e. The molecule has 4 aromatic rings. The van der Waals surface area contributed by atoms with Crippen molar-refractivity contribution >= 4 is 21.9 Å². The molecule has 8 nitrogen and oxygen atoms in total. The molecule has 0 saturated carbocycles. The van der Waals surface area contributed by atoms with Gasteiger partial charge in [-0.3, -0.25) is 9.78 Å². The zero-order valence-corrected chi connectivity index (χ0v) is 22.5. The van der Waals surface area contributed by atoms with Gasteiger partial charge in [0, 0.05) is 31.4 Å². The second-order valence-electron chi connectivity index (χ2n) is 9.98. The number of benzene rings is 2. The van der Waals surface area contributed by atoms with Crippen LogP contribution >= 0.6 is 0 Å². The van der Waals surface area contributed by atoms with Crippen molar-refractivity contribution in [3.8, 4) is 11.4 Å². The summed E-state index contributed by atoms with van der Waals surface area (Å²) in [5.74, 6) is -2.46. The number of aromatic nitrogens is 3. The van der Waals surface area contributed by atoms with Gasteiger partial charge in [0.05, 0.1) is 35.0 Å². The second-order valence-corrected chi connectivity index (χ2v) is 11.9. The lowest BCUT2D eigenvalue weighted by Gasteiger charge is -2.44. The van der Waals surface area contributed by atoms with Crippen LogP contribution in [0.2, 0.25) is 0 Å². The lowest BCUT2D eigenvalue weighted by Crippen LogP contribution is -2.53. The molecule has 12 heteroatoms. The summed E-state index contributed by atoms with van der Waals surface area (Å²) in [5, 5.41) is 4.47. The van der Waals surface area contributed by atoms with Crippen LogP contribution in [0.3, 0.4) is 0 Å². The van der Waals surface area contributed by atoms with Crippen molar-refractivity contribution in [2.45, 2.75) is 17.7 Å². The maximum absolute atomic E-state index is 14.3. The number of Topliss-reactive ketones (excluding diaryl/α,β-unsaturated/α-hetero) is 1. The number of fused-ring (bicyclic) bond motifs is 2. The van der Waals surface area contributed by atoms with Gasteiger partial charge in [-0.1, -0.05) is 5.57 Å². The van der Waals surface area contributed by atoms with E-state index in [2.05, 4.69) is 10.1 Å². The number of methoxy groups -OCH3 is 1. The molecule has 1 aliphatic heterocycles. The minimum atomic E-state index is -4.37. The first kappa shape index (κ1) is 26.9. The number of carbonyl (C=O) groups excluding carboxylic acids is 1. The molecule has 1 saturated heterocycles. The van der Waals surface area contributed by atoms with Crippen LogP contribution in [0.5, 0.6) is 5.75 Å². The van der Waals surface area contributed by atoms with Crippen LogP contribution in [0.15, 0.2) is 77.5 Å². The minimum absolute atomic E-state index is 0.0209. The molecule has 1 fully saturated rings. The van der Waals surface area contributed by atoms with Gasteiger partial charge in [0.2, 0.25) is 10.0 Å². The summed E-state index contributed by atoms with van der Waals surface area (Å²) < 4.78 is 76.7. The zero-order valence-electron chi connectivity index (χ0n) is 21.7. The van der Waals surface area contributed by atoms with E-state index in [0.717, 1.165) is 16.4 Å². The first-order chi connectivity index (χ1) is 19.6. The van der Waals surface area contributed by atoms with Crippen LogP contribution in [0, 0.1) is 22.9 Å². The Bertz CT molecular complexity index is 1800. The fraction of sp³-hybridized carbons (Fsp3) is 0.207. The Labute approximate surface area is 233 Å². The Hall–Kier alpha value is -4.29. The van der Waals surface area contributed by atoms with Crippen molar-refractivity contribution < 1.29 is 31.1 Å². The van der Waals surface area contributed by atoms with E-state index in [9.17, 15) is 26.4 Å². The molecule has 1 atom stereocenters. The number of piperidine rings is 1. The number of ether oxygens (including phenoxy) is 1. The molecule has 2 aliphatic rings. The van der Waals surface area contributed by atoms with Crippen molar-refractivity contribution in [1.29, 1.82) is 0 Å². The zero-order chi connectivity index (χ0) is 28.9. The third-order valence-corrected chi connectivity index (χ3v) is 9.38. The van der Waals surface area contributed by atoms with Gasteiger partial charge in [0.15, 0.2) is 5.78 Å². The van der Waals surface area contributed by atoms with E-state index in [1.807, 2.05) is 6.08 Å². The van der Waals surface area contributed by atoms with E-state index in [4.69, 9.17) is 4.74 Å². The lowest BCUT2D eigenvalue weighted by molar-refractivity contribution is 0.0769. The van der Waals surface area contributed by atoms with Crippen LogP contribution in [-0.2, 0) is 16.4 Å². The maximum Gasteiger partial charge on any atom is 0.243 e. The van der Waals surface area contributed by atoms with Crippen molar-refractivity contribution in [1.82, 2.24) is 19.1 Å². The Morgan fingerprint density at radius 2 is 1.73 bits per heavy atom. The van der Waals surface area contributed by atoms with E-state index in [0.29, 0.717) is 34.3 Å². The summed E-state index contributed by atoms with van der Waals surface area (Å²) in [7, 11) is -2.92.